The van der Waals surface area contributed by atoms with Crippen LogP contribution in [0.25, 0.3) is 5.70 Å². The van der Waals surface area contributed by atoms with Gasteiger partial charge in [0.25, 0.3) is 0 Å². The largest absolute Gasteiger partial charge is 0.373 e. The van der Waals surface area contributed by atoms with Crippen molar-refractivity contribution in [3.05, 3.63) is 77.2 Å². The van der Waals surface area contributed by atoms with Crippen molar-refractivity contribution < 1.29 is 0 Å². The van der Waals surface area contributed by atoms with Crippen molar-refractivity contribution in [1.29, 1.82) is 0 Å². The Hall–Kier alpha value is -2.46. The van der Waals surface area contributed by atoms with Crippen LogP contribution in [0, 0.1) is 13.8 Å². The van der Waals surface area contributed by atoms with E-state index in [2.05, 4.69) is 91.7 Å². The van der Waals surface area contributed by atoms with Crippen molar-refractivity contribution >= 4 is 5.70 Å². The van der Waals surface area contributed by atoms with E-state index in [-0.39, 0.29) is 0 Å². The molecule has 192 valence electrons. The minimum Gasteiger partial charge on any atom is -0.373 e. The molecule has 0 aromatic heterocycles. The second kappa shape index (κ2) is 13.0. The molecule has 0 atom stereocenters. The highest BCUT2D eigenvalue weighted by atomic mass is 15.3. The predicted octanol–water partition coefficient (Wildman–Crippen LogP) is 6.19. The monoisotopic (exact) mass is 476 g/mol. The van der Waals surface area contributed by atoms with E-state index in [1.54, 1.807) is 0 Å². The van der Waals surface area contributed by atoms with Crippen molar-refractivity contribution in [3.63, 3.8) is 0 Å². The summed E-state index contributed by atoms with van der Waals surface area (Å²) in [7, 11) is 0. The second-order valence-corrected chi connectivity index (χ2v) is 9.98. The molecule has 0 bridgehead atoms. The second-order valence-electron chi connectivity index (χ2n) is 9.98. The molecule has 2 heterocycles. The van der Waals surface area contributed by atoms with Gasteiger partial charge < -0.3 is 14.7 Å². The van der Waals surface area contributed by atoms with Crippen LogP contribution in [-0.4, -0.2) is 72.0 Å². The van der Waals surface area contributed by atoms with Crippen molar-refractivity contribution in [2.75, 3.05) is 52.4 Å². The summed E-state index contributed by atoms with van der Waals surface area (Å²) in [6, 6.07) is 4.79. The lowest BCUT2D eigenvalue weighted by atomic mass is 9.97. The first-order valence-electron chi connectivity index (χ1n) is 13.7. The fourth-order valence-electron chi connectivity index (χ4n) is 5.56. The number of piperazine rings is 2. The summed E-state index contributed by atoms with van der Waals surface area (Å²) in [5.74, 6) is 0. The maximum Gasteiger partial charge on any atom is 0.0370 e. The van der Waals surface area contributed by atoms with Crippen molar-refractivity contribution in [3.8, 4) is 0 Å². The Labute approximate surface area is 215 Å². The first-order chi connectivity index (χ1) is 16.9. The summed E-state index contributed by atoms with van der Waals surface area (Å²) in [6.07, 6.45) is 9.77. The Morgan fingerprint density at radius 3 is 1.94 bits per heavy atom. The van der Waals surface area contributed by atoms with Crippen LogP contribution in [0.3, 0.4) is 0 Å². The van der Waals surface area contributed by atoms with Gasteiger partial charge in [0.2, 0.25) is 0 Å². The first kappa shape index (κ1) is 27.1. The number of rotatable bonds is 10. The number of aryl methyl sites for hydroxylation is 2. The van der Waals surface area contributed by atoms with Crippen LogP contribution < -0.4 is 0 Å². The molecule has 4 nitrogen and oxygen atoms in total. The van der Waals surface area contributed by atoms with Gasteiger partial charge in [-0.3, -0.25) is 4.90 Å². The molecule has 2 saturated heterocycles. The Morgan fingerprint density at radius 2 is 1.37 bits per heavy atom. The zero-order valence-corrected chi connectivity index (χ0v) is 23.1. The molecule has 4 heteroatoms. The number of hydrogen-bond donors (Lipinski definition) is 0. The third-order valence-corrected chi connectivity index (χ3v) is 7.71. The Kier molecular flexibility index (Phi) is 10.1. The van der Waals surface area contributed by atoms with Gasteiger partial charge in [0.1, 0.15) is 0 Å². The normalized spacial score (nSPS) is 18.3. The first-order valence-corrected chi connectivity index (χ1v) is 13.7. The van der Waals surface area contributed by atoms with Crippen LogP contribution in [0.5, 0.6) is 0 Å². The maximum atomic E-state index is 4.56. The highest BCUT2D eigenvalue weighted by Gasteiger charge is 2.22. The zero-order valence-electron chi connectivity index (χ0n) is 23.1. The Morgan fingerprint density at radius 1 is 0.800 bits per heavy atom. The molecule has 35 heavy (non-hydrogen) atoms. The number of allylic oxidation sites excluding steroid dienone is 5. The van der Waals surface area contributed by atoms with Gasteiger partial charge in [-0.2, -0.15) is 0 Å². The smallest absolute Gasteiger partial charge is 0.0370 e. The fraction of sp³-hybridized carbons (Fsp3) is 0.548. The molecule has 3 rings (SSSR count). The lowest BCUT2D eigenvalue weighted by Gasteiger charge is -2.40. The summed E-state index contributed by atoms with van der Waals surface area (Å²) in [6.45, 7) is 29.3. The van der Waals surface area contributed by atoms with E-state index < -0.39 is 0 Å². The van der Waals surface area contributed by atoms with Gasteiger partial charge in [0.15, 0.2) is 0 Å². The minimum absolute atomic E-state index is 1.02. The van der Waals surface area contributed by atoms with E-state index in [0.29, 0.717) is 0 Å². The van der Waals surface area contributed by atoms with Crippen molar-refractivity contribution in [2.45, 2.75) is 60.4 Å². The molecule has 2 fully saturated rings. The average Bonchev–Trinajstić information content (AvgIpc) is 2.87. The van der Waals surface area contributed by atoms with Crippen LogP contribution >= 0.6 is 0 Å². The molecule has 0 unspecified atom stereocenters. The fourth-order valence-corrected chi connectivity index (χ4v) is 5.56. The summed E-state index contributed by atoms with van der Waals surface area (Å²) in [5, 5.41) is 0. The maximum absolute atomic E-state index is 4.56. The molecule has 0 spiro atoms. The van der Waals surface area contributed by atoms with Crippen LogP contribution in [0.4, 0.5) is 0 Å². The average molecular weight is 477 g/mol. The molecule has 1 aromatic carbocycles. The summed E-state index contributed by atoms with van der Waals surface area (Å²) in [5.41, 5.74) is 9.57. The summed E-state index contributed by atoms with van der Waals surface area (Å²) < 4.78 is 0. The molecule has 1 aromatic rings. The van der Waals surface area contributed by atoms with E-state index in [9.17, 15) is 0 Å². The van der Waals surface area contributed by atoms with Gasteiger partial charge in [-0.25, -0.2) is 0 Å². The van der Waals surface area contributed by atoms with Crippen LogP contribution in [-0.2, 0) is 6.54 Å². The quantitative estimate of drug-likeness (QED) is 0.373. The standard InChI is InChI=1S/C31H48N4/c1-8-12-29(10-3)34-16-14-32(15-17-34)24-28-23-31(26(6)22-25(28)5)27(7)33-18-20-35(21-19-33)30(11-4)13-9-2/h9,12-13,22-23H,2,7-8,10-11,14-21,24H2,1,3-6H3/b29-12+,30-13+. The van der Waals surface area contributed by atoms with Crippen LogP contribution in [0.1, 0.15) is 62.3 Å². The Balaban J connectivity index is 1.64. The van der Waals surface area contributed by atoms with Gasteiger partial charge in [-0.15, -0.1) is 0 Å². The minimum atomic E-state index is 1.02. The SMILES string of the molecule is C=C/C=C(\CC)N1CCN(C(=C)c2cc(CN3CCN(/C(=C/CC)CC)CC3)c(C)cc2C)CC1. The van der Waals surface area contributed by atoms with Gasteiger partial charge in [0, 0.05) is 81.6 Å². The van der Waals surface area contributed by atoms with E-state index in [1.807, 2.05) is 6.08 Å². The van der Waals surface area contributed by atoms with E-state index >= 15 is 0 Å². The van der Waals surface area contributed by atoms with Gasteiger partial charge in [-0.1, -0.05) is 52.1 Å². The van der Waals surface area contributed by atoms with Crippen molar-refractivity contribution in [1.82, 2.24) is 19.6 Å². The number of nitrogens with zero attached hydrogens (tertiary/aromatic N) is 4. The molecular formula is C31H48N4. The van der Waals surface area contributed by atoms with Gasteiger partial charge >= 0.3 is 0 Å². The number of hydrogen-bond acceptors (Lipinski definition) is 4. The highest BCUT2D eigenvalue weighted by Crippen LogP contribution is 2.27. The summed E-state index contributed by atoms with van der Waals surface area (Å²) in [4.78, 5) is 10.2. The lowest BCUT2D eigenvalue weighted by Crippen LogP contribution is -2.45. The van der Waals surface area contributed by atoms with Gasteiger partial charge in [-0.05, 0) is 61.9 Å². The van der Waals surface area contributed by atoms with E-state index in [0.717, 1.165) is 78.2 Å². The molecule has 0 saturated carbocycles. The van der Waals surface area contributed by atoms with Crippen LogP contribution in [0.2, 0.25) is 0 Å². The third kappa shape index (κ3) is 6.82. The molecule has 0 radical (unpaired) electrons. The van der Waals surface area contributed by atoms with Crippen LogP contribution in [0.15, 0.2) is 54.9 Å². The molecule has 0 amide bonds. The highest BCUT2D eigenvalue weighted by molar-refractivity contribution is 5.66. The summed E-state index contributed by atoms with van der Waals surface area (Å²) >= 11 is 0. The molecule has 2 aliphatic rings. The molecule has 0 N–H and O–H groups in total. The van der Waals surface area contributed by atoms with E-state index in [4.69, 9.17) is 0 Å². The Bertz CT molecular complexity index is 926. The van der Waals surface area contributed by atoms with Gasteiger partial charge in [0.05, 0.1) is 0 Å². The zero-order chi connectivity index (χ0) is 25.4. The predicted molar refractivity (Wildman–Crippen MR) is 152 cm³/mol. The molecule has 2 aliphatic heterocycles. The van der Waals surface area contributed by atoms with E-state index in [1.165, 1.54) is 39.3 Å². The number of benzene rings is 1. The lowest BCUT2D eigenvalue weighted by molar-refractivity contribution is 0.150. The molecular weight excluding hydrogens is 428 g/mol. The topological polar surface area (TPSA) is 13.0 Å². The third-order valence-electron chi connectivity index (χ3n) is 7.71. The molecule has 0 aliphatic carbocycles. The van der Waals surface area contributed by atoms with Crippen molar-refractivity contribution in [2.24, 2.45) is 0 Å².